The molecule has 0 aromatic carbocycles. The SMILES string of the molecule is CCCC1NC(CCC)N(CCN(C)C(C)C)C1=O. The highest BCUT2D eigenvalue weighted by Crippen LogP contribution is 2.18. The van der Waals surface area contributed by atoms with E-state index in [-0.39, 0.29) is 12.2 Å². The van der Waals surface area contributed by atoms with Crippen LogP contribution in [-0.4, -0.2) is 54.1 Å². The molecule has 0 spiro atoms. The molecule has 1 N–H and O–H groups in total. The Kier molecular flexibility index (Phi) is 6.80. The maximum atomic E-state index is 12.4. The quantitative estimate of drug-likeness (QED) is 0.732. The molecule has 1 heterocycles. The predicted molar refractivity (Wildman–Crippen MR) is 80.0 cm³/mol. The molecule has 112 valence electrons. The first-order valence-corrected chi connectivity index (χ1v) is 7.78. The van der Waals surface area contributed by atoms with E-state index in [1.165, 1.54) is 0 Å². The largest absolute Gasteiger partial charge is 0.325 e. The van der Waals surface area contributed by atoms with Gasteiger partial charge in [0.05, 0.1) is 12.2 Å². The standard InChI is InChI=1S/C15H31N3O/c1-6-8-13-15(19)18(14(16-13)9-7-2)11-10-17(5)12(3)4/h12-14,16H,6-11H2,1-5H3. The summed E-state index contributed by atoms with van der Waals surface area (Å²) < 4.78 is 0. The summed E-state index contributed by atoms with van der Waals surface area (Å²) in [5.74, 6) is 0.303. The van der Waals surface area contributed by atoms with Crippen LogP contribution in [0.4, 0.5) is 0 Å². The van der Waals surface area contributed by atoms with Gasteiger partial charge < -0.3 is 9.80 Å². The molecule has 0 saturated carbocycles. The van der Waals surface area contributed by atoms with Crippen molar-refractivity contribution in [3.05, 3.63) is 0 Å². The van der Waals surface area contributed by atoms with Crippen molar-refractivity contribution >= 4 is 5.91 Å². The van der Waals surface area contributed by atoms with E-state index in [2.05, 4.69) is 49.9 Å². The Hall–Kier alpha value is -0.610. The molecule has 1 saturated heterocycles. The molecule has 0 bridgehead atoms. The molecule has 4 heteroatoms. The van der Waals surface area contributed by atoms with Gasteiger partial charge in [-0.3, -0.25) is 10.1 Å². The van der Waals surface area contributed by atoms with Crippen LogP contribution in [0.1, 0.15) is 53.4 Å². The Bertz CT molecular complexity index is 281. The predicted octanol–water partition coefficient (Wildman–Crippen LogP) is 2.05. The Labute approximate surface area is 118 Å². The number of carbonyl (C=O) groups is 1. The minimum absolute atomic E-state index is 0.0471. The van der Waals surface area contributed by atoms with Gasteiger partial charge in [0.1, 0.15) is 0 Å². The van der Waals surface area contributed by atoms with E-state index in [4.69, 9.17) is 0 Å². The van der Waals surface area contributed by atoms with E-state index < -0.39 is 0 Å². The molecule has 0 aromatic heterocycles. The fraction of sp³-hybridized carbons (Fsp3) is 0.933. The van der Waals surface area contributed by atoms with Crippen molar-refractivity contribution in [1.82, 2.24) is 15.1 Å². The molecule has 0 aromatic rings. The smallest absolute Gasteiger partial charge is 0.241 e. The summed E-state index contributed by atoms with van der Waals surface area (Å²) in [5, 5.41) is 3.50. The van der Waals surface area contributed by atoms with Crippen molar-refractivity contribution in [1.29, 1.82) is 0 Å². The van der Waals surface area contributed by atoms with Gasteiger partial charge in [-0.05, 0) is 33.7 Å². The minimum atomic E-state index is 0.0471. The van der Waals surface area contributed by atoms with Crippen molar-refractivity contribution < 1.29 is 4.79 Å². The molecular formula is C15H31N3O. The number of nitrogens with zero attached hydrogens (tertiary/aromatic N) is 2. The Morgan fingerprint density at radius 1 is 1.26 bits per heavy atom. The van der Waals surface area contributed by atoms with Gasteiger partial charge in [-0.15, -0.1) is 0 Å². The normalized spacial score (nSPS) is 23.9. The van der Waals surface area contributed by atoms with Crippen LogP contribution in [0.2, 0.25) is 0 Å². The lowest BCUT2D eigenvalue weighted by molar-refractivity contribution is -0.130. The number of likely N-dealkylation sites (N-methyl/N-ethyl adjacent to an activating group) is 1. The van der Waals surface area contributed by atoms with Crippen LogP contribution in [0.25, 0.3) is 0 Å². The Balaban J connectivity index is 2.58. The molecule has 2 atom stereocenters. The summed E-state index contributed by atoms with van der Waals surface area (Å²) >= 11 is 0. The summed E-state index contributed by atoms with van der Waals surface area (Å²) in [5.41, 5.74) is 0. The van der Waals surface area contributed by atoms with Gasteiger partial charge in [-0.2, -0.15) is 0 Å². The summed E-state index contributed by atoms with van der Waals surface area (Å²) in [6, 6.07) is 0.577. The molecule has 0 radical (unpaired) electrons. The number of carbonyl (C=O) groups excluding carboxylic acids is 1. The maximum Gasteiger partial charge on any atom is 0.241 e. The third kappa shape index (κ3) is 4.46. The number of rotatable bonds is 8. The van der Waals surface area contributed by atoms with Crippen LogP contribution >= 0.6 is 0 Å². The number of nitrogens with one attached hydrogen (secondary N) is 1. The van der Waals surface area contributed by atoms with Crippen LogP contribution in [0.3, 0.4) is 0 Å². The monoisotopic (exact) mass is 269 g/mol. The third-order valence-electron chi connectivity index (χ3n) is 4.07. The molecule has 1 fully saturated rings. The second kappa shape index (κ2) is 7.85. The van der Waals surface area contributed by atoms with Crippen molar-refractivity contribution in [2.75, 3.05) is 20.1 Å². The molecule has 1 amide bonds. The van der Waals surface area contributed by atoms with Crippen molar-refractivity contribution in [3.8, 4) is 0 Å². The zero-order valence-electron chi connectivity index (χ0n) is 13.3. The molecule has 2 unspecified atom stereocenters. The van der Waals surface area contributed by atoms with Crippen molar-refractivity contribution in [2.24, 2.45) is 0 Å². The topological polar surface area (TPSA) is 35.6 Å². The summed E-state index contributed by atoms with van der Waals surface area (Å²) in [4.78, 5) is 16.8. The average molecular weight is 269 g/mol. The molecule has 4 nitrogen and oxygen atoms in total. The zero-order chi connectivity index (χ0) is 14.4. The molecule has 1 rings (SSSR count). The number of amides is 1. The lowest BCUT2D eigenvalue weighted by Crippen LogP contribution is -2.42. The summed E-state index contributed by atoms with van der Waals surface area (Å²) in [6.07, 6.45) is 4.42. The lowest BCUT2D eigenvalue weighted by atomic mass is 10.2. The fourth-order valence-corrected chi connectivity index (χ4v) is 2.55. The molecule has 1 aliphatic rings. The molecule has 19 heavy (non-hydrogen) atoms. The van der Waals surface area contributed by atoms with E-state index in [9.17, 15) is 4.79 Å². The van der Waals surface area contributed by atoms with E-state index in [1.807, 2.05) is 0 Å². The van der Waals surface area contributed by atoms with Crippen molar-refractivity contribution in [2.45, 2.75) is 71.6 Å². The first-order chi connectivity index (χ1) is 9.01. The first-order valence-electron chi connectivity index (χ1n) is 7.78. The van der Waals surface area contributed by atoms with Gasteiger partial charge in [0.25, 0.3) is 0 Å². The van der Waals surface area contributed by atoms with Gasteiger partial charge >= 0.3 is 0 Å². The first kappa shape index (κ1) is 16.4. The Morgan fingerprint density at radius 2 is 1.89 bits per heavy atom. The van der Waals surface area contributed by atoms with Crippen LogP contribution in [0.15, 0.2) is 0 Å². The lowest BCUT2D eigenvalue weighted by Gasteiger charge is -2.28. The minimum Gasteiger partial charge on any atom is -0.325 e. The zero-order valence-corrected chi connectivity index (χ0v) is 13.3. The highest BCUT2D eigenvalue weighted by molar-refractivity contribution is 5.84. The summed E-state index contributed by atoms with van der Waals surface area (Å²) in [6.45, 7) is 10.5. The van der Waals surface area contributed by atoms with Gasteiger partial charge in [0.2, 0.25) is 5.91 Å². The number of hydrogen-bond donors (Lipinski definition) is 1. The van der Waals surface area contributed by atoms with Crippen LogP contribution < -0.4 is 5.32 Å². The van der Waals surface area contributed by atoms with E-state index in [0.717, 1.165) is 38.8 Å². The fourth-order valence-electron chi connectivity index (χ4n) is 2.55. The Morgan fingerprint density at radius 3 is 2.42 bits per heavy atom. The van der Waals surface area contributed by atoms with Crippen LogP contribution in [-0.2, 0) is 4.79 Å². The molecule has 0 aliphatic carbocycles. The summed E-state index contributed by atoms with van der Waals surface area (Å²) in [7, 11) is 2.12. The van der Waals surface area contributed by atoms with Crippen molar-refractivity contribution in [3.63, 3.8) is 0 Å². The van der Waals surface area contributed by atoms with Gasteiger partial charge in [0.15, 0.2) is 0 Å². The van der Waals surface area contributed by atoms with E-state index in [0.29, 0.717) is 11.9 Å². The highest BCUT2D eigenvalue weighted by Gasteiger charge is 2.37. The van der Waals surface area contributed by atoms with Gasteiger partial charge in [-0.1, -0.05) is 26.7 Å². The van der Waals surface area contributed by atoms with E-state index in [1.54, 1.807) is 0 Å². The molecule has 1 aliphatic heterocycles. The van der Waals surface area contributed by atoms with Gasteiger partial charge in [0, 0.05) is 19.1 Å². The third-order valence-corrected chi connectivity index (χ3v) is 4.07. The second-order valence-corrected chi connectivity index (χ2v) is 5.92. The molecular weight excluding hydrogens is 238 g/mol. The number of hydrogen-bond acceptors (Lipinski definition) is 3. The van der Waals surface area contributed by atoms with Gasteiger partial charge in [-0.25, -0.2) is 0 Å². The maximum absolute atomic E-state index is 12.4. The highest BCUT2D eigenvalue weighted by atomic mass is 16.2. The van der Waals surface area contributed by atoms with Crippen LogP contribution in [0.5, 0.6) is 0 Å². The van der Waals surface area contributed by atoms with Crippen LogP contribution in [0, 0.1) is 0 Å². The average Bonchev–Trinajstić information content (AvgIpc) is 2.64. The van der Waals surface area contributed by atoms with E-state index >= 15 is 0 Å². The second-order valence-electron chi connectivity index (χ2n) is 5.92.